The maximum atomic E-state index is 11.2. The number of aromatic nitrogens is 2. The van der Waals surface area contributed by atoms with E-state index in [2.05, 4.69) is 18.9 Å². The molecule has 0 amide bonds. The molecule has 0 aliphatic carbocycles. The van der Waals surface area contributed by atoms with Crippen LogP contribution in [0.5, 0.6) is 0 Å². The van der Waals surface area contributed by atoms with Crippen molar-refractivity contribution in [2.45, 2.75) is 26.8 Å². The Morgan fingerprint density at radius 2 is 2.05 bits per heavy atom. The van der Waals surface area contributed by atoms with Crippen molar-refractivity contribution in [1.82, 2.24) is 9.78 Å². The lowest BCUT2D eigenvalue weighted by Crippen LogP contribution is -2.02. The van der Waals surface area contributed by atoms with Gasteiger partial charge in [-0.15, -0.1) is 0 Å². The quantitative estimate of drug-likeness (QED) is 0.749. The highest BCUT2D eigenvalue weighted by Gasteiger charge is 2.12. The van der Waals surface area contributed by atoms with Crippen LogP contribution in [-0.2, 0) is 6.54 Å². The van der Waals surface area contributed by atoms with Gasteiger partial charge in [0.2, 0.25) is 0 Å². The first-order chi connectivity index (χ1) is 9.51. The van der Waals surface area contributed by atoms with Gasteiger partial charge in [-0.1, -0.05) is 43.1 Å². The molecule has 0 unspecified atom stereocenters. The second kappa shape index (κ2) is 6.42. The molecule has 0 spiro atoms. The van der Waals surface area contributed by atoms with Crippen LogP contribution in [0.1, 0.15) is 30.6 Å². The molecule has 5 heteroatoms. The van der Waals surface area contributed by atoms with E-state index < -0.39 is 0 Å². The number of carbonyl (C=O) groups excluding carboxylic acids is 1. The van der Waals surface area contributed by atoms with Gasteiger partial charge in [0.1, 0.15) is 5.69 Å². The van der Waals surface area contributed by atoms with Crippen LogP contribution in [0, 0.1) is 5.92 Å². The van der Waals surface area contributed by atoms with Gasteiger partial charge in [0, 0.05) is 18.3 Å². The standard InChI is InChI=1S/C15H16Cl2N2O/c1-10(2)5-6-19-8-12(9-20)15(18-19)11-3-4-13(16)14(17)7-11/h3-4,7-10H,5-6H2,1-2H3. The van der Waals surface area contributed by atoms with Gasteiger partial charge in [0.05, 0.1) is 15.6 Å². The van der Waals surface area contributed by atoms with Crippen molar-refractivity contribution in [3.05, 3.63) is 40.0 Å². The highest BCUT2D eigenvalue weighted by atomic mass is 35.5. The maximum absolute atomic E-state index is 11.2. The van der Waals surface area contributed by atoms with Gasteiger partial charge in [-0.25, -0.2) is 0 Å². The fourth-order valence-electron chi connectivity index (χ4n) is 1.90. The van der Waals surface area contributed by atoms with Gasteiger partial charge in [-0.2, -0.15) is 5.10 Å². The summed E-state index contributed by atoms with van der Waals surface area (Å²) in [6.07, 6.45) is 3.60. The molecular formula is C15H16Cl2N2O. The lowest BCUT2D eigenvalue weighted by atomic mass is 10.1. The molecule has 0 aliphatic heterocycles. The predicted molar refractivity (Wildman–Crippen MR) is 82.5 cm³/mol. The Hall–Kier alpha value is -1.32. The van der Waals surface area contributed by atoms with Crippen molar-refractivity contribution in [3.63, 3.8) is 0 Å². The SMILES string of the molecule is CC(C)CCn1cc(C=O)c(-c2ccc(Cl)c(Cl)c2)n1. The monoisotopic (exact) mass is 310 g/mol. The Morgan fingerprint density at radius 1 is 1.30 bits per heavy atom. The molecule has 0 atom stereocenters. The van der Waals surface area contributed by atoms with Crippen LogP contribution < -0.4 is 0 Å². The minimum Gasteiger partial charge on any atom is -0.298 e. The van der Waals surface area contributed by atoms with Crippen molar-refractivity contribution in [2.75, 3.05) is 0 Å². The number of benzene rings is 1. The van der Waals surface area contributed by atoms with Gasteiger partial charge in [-0.3, -0.25) is 9.48 Å². The third-order valence-electron chi connectivity index (χ3n) is 3.05. The largest absolute Gasteiger partial charge is 0.298 e. The second-order valence-corrected chi connectivity index (χ2v) is 5.94. The molecule has 1 heterocycles. The first kappa shape index (κ1) is 15.1. The molecule has 106 valence electrons. The second-order valence-electron chi connectivity index (χ2n) is 5.13. The van der Waals surface area contributed by atoms with Crippen LogP contribution in [0.25, 0.3) is 11.3 Å². The Bertz CT molecular complexity index is 620. The van der Waals surface area contributed by atoms with Crippen LogP contribution >= 0.6 is 23.2 Å². The fraction of sp³-hybridized carbons (Fsp3) is 0.333. The lowest BCUT2D eigenvalue weighted by Gasteiger charge is -2.04. The molecule has 20 heavy (non-hydrogen) atoms. The number of hydrogen-bond acceptors (Lipinski definition) is 2. The molecule has 0 fully saturated rings. The average molecular weight is 311 g/mol. The van der Waals surface area contributed by atoms with Crippen LogP contribution in [-0.4, -0.2) is 16.1 Å². The molecule has 0 N–H and O–H groups in total. The molecule has 1 aromatic carbocycles. The summed E-state index contributed by atoms with van der Waals surface area (Å²) < 4.78 is 1.81. The summed E-state index contributed by atoms with van der Waals surface area (Å²) in [7, 11) is 0. The molecule has 0 bridgehead atoms. The molecule has 1 aromatic heterocycles. The van der Waals surface area contributed by atoms with Crippen LogP contribution in [0.4, 0.5) is 0 Å². The van der Waals surface area contributed by atoms with E-state index in [0.717, 1.165) is 24.8 Å². The zero-order valence-corrected chi connectivity index (χ0v) is 12.9. The summed E-state index contributed by atoms with van der Waals surface area (Å²) >= 11 is 11.9. The van der Waals surface area contributed by atoms with Crippen molar-refractivity contribution in [3.8, 4) is 11.3 Å². The predicted octanol–water partition coefficient (Wildman–Crippen LogP) is 4.72. The Balaban J connectivity index is 2.34. The number of carbonyl (C=O) groups is 1. The van der Waals surface area contributed by atoms with E-state index in [4.69, 9.17) is 23.2 Å². The smallest absolute Gasteiger partial charge is 0.153 e. The van der Waals surface area contributed by atoms with E-state index in [9.17, 15) is 4.79 Å². The summed E-state index contributed by atoms with van der Waals surface area (Å²) in [5, 5.41) is 5.42. The molecule has 0 saturated heterocycles. The number of nitrogens with zero attached hydrogens (tertiary/aromatic N) is 2. The fourth-order valence-corrected chi connectivity index (χ4v) is 2.19. The normalized spacial score (nSPS) is 11.1. The van der Waals surface area contributed by atoms with E-state index in [1.807, 2.05) is 10.7 Å². The lowest BCUT2D eigenvalue weighted by molar-refractivity contribution is 0.112. The zero-order valence-electron chi connectivity index (χ0n) is 11.4. The summed E-state index contributed by atoms with van der Waals surface area (Å²) in [4.78, 5) is 11.2. The van der Waals surface area contributed by atoms with Crippen LogP contribution in [0.15, 0.2) is 24.4 Å². The van der Waals surface area contributed by atoms with Crippen molar-refractivity contribution in [1.29, 1.82) is 0 Å². The van der Waals surface area contributed by atoms with Gasteiger partial charge < -0.3 is 0 Å². The van der Waals surface area contributed by atoms with Gasteiger partial charge in [0.15, 0.2) is 6.29 Å². The van der Waals surface area contributed by atoms with E-state index in [1.165, 1.54) is 0 Å². The number of hydrogen-bond donors (Lipinski definition) is 0. The maximum Gasteiger partial charge on any atom is 0.153 e. The summed E-state index contributed by atoms with van der Waals surface area (Å²) in [5.41, 5.74) is 2.00. The van der Waals surface area contributed by atoms with Gasteiger partial charge in [0.25, 0.3) is 0 Å². The minimum atomic E-state index is 0.456. The Morgan fingerprint density at radius 3 is 2.65 bits per heavy atom. The molecule has 2 rings (SSSR count). The third kappa shape index (κ3) is 3.41. The number of aryl methyl sites for hydroxylation is 1. The summed E-state index contributed by atoms with van der Waals surface area (Å²) in [6, 6.07) is 5.25. The van der Waals surface area contributed by atoms with E-state index in [0.29, 0.717) is 27.2 Å². The average Bonchev–Trinajstić information content (AvgIpc) is 2.83. The van der Waals surface area contributed by atoms with Gasteiger partial charge in [-0.05, 0) is 24.5 Å². The van der Waals surface area contributed by atoms with Crippen LogP contribution in [0.2, 0.25) is 10.0 Å². The van der Waals surface area contributed by atoms with Gasteiger partial charge >= 0.3 is 0 Å². The topological polar surface area (TPSA) is 34.9 Å². The van der Waals surface area contributed by atoms with E-state index in [1.54, 1.807) is 18.3 Å². The van der Waals surface area contributed by atoms with Crippen molar-refractivity contribution < 1.29 is 4.79 Å². The molecule has 2 aromatic rings. The number of rotatable bonds is 5. The third-order valence-corrected chi connectivity index (χ3v) is 3.78. The number of halogens is 2. The molecule has 3 nitrogen and oxygen atoms in total. The molecule has 0 aliphatic rings. The van der Waals surface area contributed by atoms with E-state index >= 15 is 0 Å². The Kier molecular flexibility index (Phi) is 4.84. The Labute approximate surface area is 128 Å². The molecular weight excluding hydrogens is 295 g/mol. The highest BCUT2D eigenvalue weighted by molar-refractivity contribution is 6.42. The first-order valence-electron chi connectivity index (χ1n) is 6.49. The summed E-state index contributed by atoms with van der Waals surface area (Å²) in [5.74, 6) is 0.590. The van der Waals surface area contributed by atoms with E-state index in [-0.39, 0.29) is 0 Å². The molecule has 0 radical (unpaired) electrons. The zero-order chi connectivity index (χ0) is 14.7. The summed E-state index contributed by atoms with van der Waals surface area (Å²) in [6.45, 7) is 5.11. The molecule has 0 saturated carbocycles. The highest BCUT2D eigenvalue weighted by Crippen LogP contribution is 2.29. The first-order valence-corrected chi connectivity index (χ1v) is 7.25. The van der Waals surface area contributed by atoms with Crippen LogP contribution in [0.3, 0.4) is 0 Å². The number of aldehydes is 1. The van der Waals surface area contributed by atoms with Crippen molar-refractivity contribution in [2.24, 2.45) is 5.92 Å². The minimum absolute atomic E-state index is 0.456. The van der Waals surface area contributed by atoms with Crippen molar-refractivity contribution >= 4 is 29.5 Å².